The number of aliphatic hydroxyl groups is 1. The van der Waals surface area contributed by atoms with Crippen molar-refractivity contribution >= 4 is 23.2 Å². The van der Waals surface area contributed by atoms with E-state index in [9.17, 15) is 4.79 Å². The van der Waals surface area contributed by atoms with Gasteiger partial charge in [0.1, 0.15) is 12.4 Å². The maximum atomic E-state index is 12.1. The summed E-state index contributed by atoms with van der Waals surface area (Å²) in [6.07, 6.45) is 0.722. The lowest BCUT2D eigenvalue weighted by Crippen LogP contribution is -2.11. The maximum absolute atomic E-state index is 12.1. The summed E-state index contributed by atoms with van der Waals surface area (Å²) in [5.41, 5.74) is 1.10. The average Bonchev–Trinajstić information content (AvgIpc) is 2.97. The molecular weight excluding hydrogens is 290 g/mol. The molecule has 2 aromatic rings. The normalized spacial score (nSPS) is 9.86. The number of carbonyl (C=O) groups is 1. The molecule has 1 heterocycles. The Labute approximate surface area is 127 Å². The summed E-state index contributed by atoms with van der Waals surface area (Å²) in [7, 11) is 0. The van der Waals surface area contributed by atoms with Gasteiger partial charge in [0.15, 0.2) is 5.76 Å². The second-order valence-corrected chi connectivity index (χ2v) is 4.64. The van der Waals surface area contributed by atoms with E-state index < -0.39 is 0 Å². The van der Waals surface area contributed by atoms with Crippen LogP contribution in [0.4, 0.5) is 5.69 Å². The zero-order valence-corrected chi connectivity index (χ0v) is 12.2. The zero-order chi connectivity index (χ0) is 15.2. The number of halogens is 1. The van der Waals surface area contributed by atoms with Crippen LogP contribution in [0.25, 0.3) is 0 Å². The lowest BCUT2D eigenvalue weighted by Gasteiger charge is -2.06. The summed E-state index contributed by atoms with van der Waals surface area (Å²) in [6, 6.07) is 8.38. The van der Waals surface area contributed by atoms with Gasteiger partial charge in [0, 0.05) is 12.0 Å². The number of furan rings is 1. The lowest BCUT2D eigenvalue weighted by atomic mass is 10.2. The Bertz CT molecular complexity index is 710. The third kappa shape index (κ3) is 3.88. The number of rotatable bonds is 3. The minimum atomic E-state index is -0.371. The van der Waals surface area contributed by atoms with Crippen LogP contribution in [0.15, 0.2) is 34.7 Å². The van der Waals surface area contributed by atoms with E-state index in [1.54, 1.807) is 30.3 Å². The van der Waals surface area contributed by atoms with Crippen molar-refractivity contribution in [3.63, 3.8) is 0 Å². The topological polar surface area (TPSA) is 62.5 Å². The molecule has 0 aliphatic rings. The highest BCUT2D eigenvalue weighted by Gasteiger charge is 2.12. The van der Waals surface area contributed by atoms with Gasteiger partial charge in [-0.3, -0.25) is 4.79 Å². The minimum Gasteiger partial charge on any atom is -0.456 e. The number of hydrogen-bond acceptors (Lipinski definition) is 3. The predicted molar refractivity (Wildman–Crippen MR) is 81.5 cm³/mol. The number of hydrogen-bond donors (Lipinski definition) is 2. The number of carbonyl (C=O) groups excluding carboxylic acids is 1. The van der Waals surface area contributed by atoms with E-state index in [0.717, 1.165) is 12.2 Å². The van der Waals surface area contributed by atoms with Crippen molar-refractivity contribution in [2.75, 3.05) is 11.9 Å². The van der Waals surface area contributed by atoms with Gasteiger partial charge in [0.05, 0.1) is 10.7 Å². The van der Waals surface area contributed by atoms with Gasteiger partial charge in [-0.05, 0) is 30.3 Å². The first kappa shape index (κ1) is 15.2. The van der Waals surface area contributed by atoms with Crippen LogP contribution >= 0.6 is 11.6 Å². The number of nitrogens with one attached hydrogen (secondary N) is 1. The molecule has 4 nitrogen and oxygen atoms in total. The first-order valence-corrected chi connectivity index (χ1v) is 6.81. The van der Waals surface area contributed by atoms with E-state index >= 15 is 0 Å². The Morgan fingerprint density at radius 2 is 2.19 bits per heavy atom. The molecule has 0 fully saturated rings. The molecule has 2 rings (SSSR count). The highest BCUT2D eigenvalue weighted by atomic mass is 35.5. The number of amides is 1. The first-order chi connectivity index (χ1) is 10.1. The van der Waals surface area contributed by atoms with Crippen LogP contribution < -0.4 is 5.32 Å². The van der Waals surface area contributed by atoms with Crippen molar-refractivity contribution in [1.29, 1.82) is 0 Å². The number of aryl methyl sites for hydroxylation is 1. The first-order valence-electron chi connectivity index (χ1n) is 6.43. The molecule has 1 amide bonds. The predicted octanol–water partition coefficient (Wildman–Crippen LogP) is 3.09. The van der Waals surface area contributed by atoms with Crippen LogP contribution in [0.3, 0.4) is 0 Å². The number of anilines is 1. The number of aliphatic hydroxyl groups excluding tert-OH is 1. The Balaban J connectivity index is 2.20. The van der Waals surface area contributed by atoms with Gasteiger partial charge in [0.2, 0.25) is 0 Å². The van der Waals surface area contributed by atoms with Gasteiger partial charge in [-0.1, -0.05) is 30.4 Å². The monoisotopic (exact) mass is 303 g/mol. The standard InChI is InChI=1S/C16H14ClNO3/c1-2-12-6-8-15(21-12)16(20)18-14-10-11(4-3-9-19)5-7-13(14)17/h5-8,10,19H,2,9H2,1H3,(H,18,20). The quantitative estimate of drug-likeness (QED) is 0.857. The van der Waals surface area contributed by atoms with Crippen molar-refractivity contribution in [1.82, 2.24) is 0 Å². The highest BCUT2D eigenvalue weighted by molar-refractivity contribution is 6.33. The SMILES string of the molecule is CCc1ccc(C(=O)Nc2cc(C#CCO)ccc2Cl)o1. The molecule has 0 radical (unpaired) electrons. The van der Waals surface area contributed by atoms with Gasteiger partial charge < -0.3 is 14.8 Å². The summed E-state index contributed by atoms with van der Waals surface area (Å²) >= 11 is 6.05. The molecular formula is C16H14ClNO3. The minimum absolute atomic E-state index is 0.226. The lowest BCUT2D eigenvalue weighted by molar-refractivity contribution is 0.0995. The van der Waals surface area contributed by atoms with Gasteiger partial charge in [-0.15, -0.1) is 0 Å². The fourth-order valence-corrected chi connectivity index (χ4v) is 1.88. The molecule has 108 valence electrons. The molecule has 2 N–H and O–H groups in total. The van der Waals surface area contributed by atoms with Crippen molar-refractivity contribution in [2.45, 2.75) is 13.3 Å². The number of benzene rings is 1. The summed E-state index contributed by atoms with van der Waals surface area (Å²) in [5.74, 6) is 5.90. The molecule has 0 aliphatic carbocycles. The molecule has 1 aromatic carbocycles. The van der Waals surface area contributed by atoms with E-state index in [1.165, 1.54) is 0 Å². The molecule has 0 bridgehead atoms. The molecule has 5 heteroatoms. The Kier molecular flexibility index (Phi) is 5.04. The smallest absolute Gasteiger partial charge is 0.291 e. The zero-order valence-electron chi connectivity index (χ0n) is 11.4. The Morgan fingerprint density at radius 1 is 1.38 bits per heavy atom. The van der Waals surface area contributed by atoms with Gasteiger partial charge >= 0.3 is 0 Å². The van der Waals surface area contributed by atoms with E-state index in [-0.39, 0.29) is 18.3 Å². The van der Waals surface area contributed by atoms with Crippen LogP contribution in [0.2, 0.25) is 5.02 Å². The molecule has 21 heavy (non-hydrogen) atoms. The molecule has 0 saturated carbocycles. The molecule has 0 aliphatic heterocycles. The van der Waals surface area contributed by atoms with Crippen molar-refractivity contribution in [3.8, 4) is 11.8 Å². The van der Waals surface area contributed by atoms with Gasteiger partial charge in [-0.25, -0.2) is 0 Å². The molecule has 1 aromatic heterocycles. The fraction of sp³-hybridized carbons (Fsp3) is 0.188. The van der Waals surface area contributed by atoms with E-state index in [2.05, 4.69) is 17.2 Å². The Morgan fingerprint density at radius 3 is 2.86 bits per heavy atom. The molecule has 0 saturated heterocycles. The van der Waals surface area contributed by atoms with Gasteiger partial charge in [0.25, 0.3) is 5.91 Å². The highest BCUT2D eigenvalue weighted by Crippen LogP contribution is 2.23. The average molecular weight is 304 g/mol. The summed E-state index contributed by atoms with van der Waals surface area (Å²) in [6.45, 7) is 1.72. The van der Waals surface area contributed by atoms with Crippen LogP contribution in [-0.2, 0) is 6.42 Å². The molecule has 0 atom stereocenters. The van der Waals surface area contributed by atoms with Crippen molar-refractivity contribution in [3.05, 3.63) is 52.4 Å². The van der Waals surface area contributed by atoms with Crippen LogP contribution in [-0.4, -0.2) is 17.6 Å². The largest absolute Gasteiger partial charge is 0.456 e. The summed E-state index contributed by atoms with van der Waals surface area (Å²) in [4.78, 5) is 12.1. The van der Waals surface area contributed by atoms with E-state index in [4.69, 9.17) is 21.1 Å². The second-order valence-electron chi connectivity index (χ2n) is 4.23. The summed E-state index contributed by atoms with van der Waals surface area (Å²) in [5, 5.41) is 11.8. The molecule has 0 unspecified atom stereocenters. The van der Waals surface area contributed by atoms with Crippen LogP contribution in [0, 0.1) is 11.8 Å². The van der Waals surface area contributed by atoms with E-state index in [1.807, 2.05) is 6.92 Å². The third-order valence-corrected chi connectivity index (χ3v) is 3.09. The third-order valence-electron chi connectivity index (χ3n) is 2.76. The fourth-order valence-electron chi connectivity index (χ4n) is 1.71. The van der Waals surface area contributed by atoms with Crippen LogP contribution in [0.5, 0.6) is 0 Å². The van der Waals surface area contributed by atoms with Crippen molar-refractivity contribution in [2.24, 2.45) is 0 Å². The van der Waals surface area contributed by atoms with Crippen LogP contribution in [0.1, 0.15) is 28.8 Å². The van der Waals surface area contributed by atoms with E-state index in [0.29, 0.717) is 16.3 Å². The van der Waals surface area contributed by atoms with Gasteiger partial charge in [-0.2, -0.15) is 0 Å². The summed E-state index contributed by atoms with van der Waals surface area (Å²) < 4.78 is 5.39. The Hall–Kier alpha value is -2.22. The molecule has 0 spiro atoms. The maximum Gasteiger partial charge on any atom is 0.291 e. The van der Waals surface area contributed by atoms with Crippen molar-refractivity contribution < 1.29 is 14.3 Å². The second kappa shape index (κ2) is 6.98.